The predicted octanol–water partition coefficient (Wildman–Crippen LogP) is 2.28. The zero-order valence-corrected chi connectivity index (χ0v) is 7.97. The fourth-order valence-electron chi connectivity index (χ4n) is 0.895. The molecule has 0 spiro atoms. The average molecular weight is 250 g/mol. The third kappa shape index (κ3) is 1.09. The number of rotatable bonds is 0. The molecular formula is C6H2BrClFN3. The van der Waals surface area contributed by atoms with Crippen LogP contribution in [-0.2, 0) is 0 Å². The quantitative estimate of drug-likeness (QED) is 0.718. The van der Waals surface area contributed by atoms with Gasteiger partial charge in [-0.15, -0.1) is 0 Å². The molecule has 0 amide bonds. The summed E-state index contributed by atoms with van der Waals surface area (Å²) >= 11 is 8.78. The summed E-state index contributed by atoms with van der Waals surface area (Å²) in [6.07, 6.45) is 2.55. The third-order valence-electron chi connectivity index (χ3n) is 1.38. The highest BCUT2D eigenvalue weighted by Gasteiger charge is 2.07. The van der Waals surface area contributed by atoms with Gasteiger partial charge < -0.3 is 0 Å². The van der Waals surface area contributed by atoms with Gasteiger partial charge >= 0.3 is 0 Å². The Hall–Kier alpha value is -0.680. The van der Waals surface area contributed by atoms with E-state index in [1.807, 2.05) is 0 Å². The van der Waals surface area contributed by atoms with Crippen LogP contribution in [0.5, 0.6) is 0 Å². The number of hydrogen-bond donors (Lipinski definition) is 0. The summed E-state index contributed by atoms with van der Waals surface area (Å²) in [6.45, 7) is 0. The molecule has 0 aliphatic rings. The van der Waals surface area contributed by atoms with Gasteiger partial charge in [-0.1, -0.05) is 11.6 Å². The Morgan fingerprint density at radius 1 is 1.58 bits per heavy atom. The molecule has 12 heavy (non-hydrogen) atoms. The summed E-state index contributed by atoms with van der Waals surface area (Å²) in [5.74, 6) is -0.463. The van der Waals surface area contributed by atoms with E-state index in [-0.39, 0.29) is 5.15 Å². The lowest BCUT2D eigenvalue weighted by atomic mass is 10.7. The Kier molecular flexibility index (Phi) is 1.77. The van der Waals surface area contributed by atoms with E-state index in [0.717, 1.165) is 6.20 Å². The average Bonchev–Trinajstić information content (AvgIpc) is 2.33. The Labute approximate surface area is 80.3 Å². The zero-order valence-electron chi connectivity index (χ0n) is 5.63. The summed E-state index contributed by atoms with van der Waals surface area (Å²) in [4.78, 5) is 7.58. The predicted molar refractivity (Wildman–Crippen MR) is 45.7 cm³/mol. The van der Waals surface area contributed by atoms with Gasteiger partial charge in [0.25, 0.3) is 0 Å². The summed E-state index contributed by atoms with van der Waals surface area (Å²) in [5, 5.41) is 0.174. The molecule has 0 aliphatic carbocycles. The Balaban J connectivity index is 2.92. The summed E-state index contributed by atoms with van der Waals surface area (Å²) < 4.78 is 14.6. The highest BCUT2D eigenvalue weighted by atomic mass is 79.9. The molecule has 0 aliphatic heterocycles. The first-order valence-electron chi connectivity index (χ1n) is 3.03. The molecule has 0 bridgehead atoms. The molecule has 0 N–H and O–H groups in total. The topological polar surface area (TPSA) is 30.2 Å². The summed E-state index contributed by atoms with van der Waals surface area (Å²) in [6, 6.07) is 0. The lowest BCUT2D eigenvalue weighted by molar-refractivity contribution is 0.572. The van der Waals surface area contributed by atoms with Crippen LogP contribution in [0.2, 0.25) is 5.15 Å². The van der Waals surface area contributed by atoms with E-state index in [1.165, 1.54) is 10.6 Å². The van der Waals surface area contributed by atoms with Crippen molar-refractivity contribution in [2.75, 3.05) is 0 Å². The van der Waals surface area contributed by atoms with E-state index < -0.39 is 5.95 Å². The van der Waals surface area contributed by atoms with Gasteiger partial charge in [0.1, 0.15) is 4.60 Å². The van der Waals surface area contributed by atoms with E-state index in [0.29, 0.717) is 10.3 Å². The van der Waals surface area contributed by atoms with Crippen molar-refractivity contribution in [1.82, 2.24) is 14.4 Å². The SMILES string of the molecule is Fc1cnc2c(Cl)nc(Br)cn12. The minimum atomic E-state index is -0.463. The second-order valence-electron chi connectivity index (χ2n) is 2.13. The molecule has 0 unspecified atom stereocenters. The minimum Gasteiger partial charge on any atom is -0.271 e. The minimum absolute atomic E-state index is 0.174. The lowest BCUT2D eigenvalue weighted by Crippen LogP contribution is -1.91. The molecule has 2 rings (SSSR count). The number of halogens is 3. The second kappa shape index (κ2) is 2.67. The fourth-order valence-corrected chi connectivity index (χ4v) is 1.61. The standard InChI is InChI=1S/C6H2BrClFN3/c7-3-2-12-4(9)1-10-6(12)5(8)11-3/h1-2H. The van der Waals surface area contributed by atoms with Crippen molar-refractivity contribution in [3.8, 4) is 0 Å². The van der Waals surface area contributed by atoms with Gasteiger partial charge in [0.05, 0.1) is 6.20 Å². The number of fused-ring (bicyclic) bond motifs is 1. The number of nitrogens with zero attached hydrogens (tertiary/aromatic N) is 3. The molecule has 0 atom stereocenters. The van der Waals surface area contributed by atoms with Crippen molar-refractivity contribution < 1.29 is 4.39 Å². The highest BCUT2D eigenvalue weighted by Crippen LogP contribution is 2.17. The molecular weight excluding hydrogens is 248 g/mol. The Morgan fingerprint density at radius 3 is 3.08 bits per heavy atom. The first-order chi connectivity index (χ1) is 5.68. The number of hydrogen-bond acceptors (Lipinski definition) is 2. The van der Waals surface area contributed by atoms with Crippen molar-refractivity contribution in [2.45, 2.75) is 0 Å². The van der Waals surface area contributed by atoms with E-state index in [1.54, 1.807) is 0 Å². The van der Waals surface area contributed by atoms with Crippen molar-refractivity contribution in [3.63, 3.8) is 0 Å². The Bertz CT molecular complexity index is 442. The van der Waals surface area contributed by atoms with Crippen LogP contribution >= 0.6 is 27.5 Å². The van der Waals surface area contributed by atoms with Crippen LogP contribution in [0, 0.1) is 5.95 Å². The third-order valence-corrected chi connectivity index (χ3v) is 2.01. The van der Waals surface area contributed by atoms with Gasteiger partial charge in [-0.25, -0.2) is 9.97 Å². The molecule has 0 saturated carbocycles. The molecule has 62 valence electrons. The molecule has 0 aromatic carbocycles. The van der Waals surface area contributed by atoms with Gasteiger partial charge in [-0.05, 0) is 15.9 Å². The van der Waals surface area contributed by atoms with Crippen LogP contribution in [-0.4, -0.2) is 14.4 Å². The van der Waals surface area contributed by atoms with Crippen molar-refractivity contribution >= 4 is 33.2 Å². The van der Waals surface area contributed by atoms with E-state index in [9.17, 15) is 4.39 Å². The van der Waals surface area contributed by atoms with E-state index in [2.05, 4.69) is 25.9 Å². The van der Waals surface area contributed by atoms with Crippen molar-refractivity contribution in [2.24, 2.45) is 0 Å². The zero-order chi connectivity index (χ0) is 8.72. The van der Waals surface area contributed by atoms with Gasteiger partial charge in [0.2, 0.25) is 5.95 Å². The highest BCUT2D eigenvalue weighted by molar-refractivity contribution is 9.10. The van der Waals surface area contributed by atoms with Crippen molar-refractivity contribution in [1.29, 1.82) is 0 Å². The van der Waals surface area contributed by atoms with Gasteiger partial charge in [-0.2, -0.15) is 4.39 Å². The molecule has 2 aromatic heterocycles. The molecule has 3 nitrogen and oxygen atoms in total. The maximum absolute atomic E-state index is 12.9. The van der Waals surface area contributed by atoms with Crippen LogP contribution in [0.3, 0.4) is 0 Å². The monoisotopic (exact) mass is 249 g/mol. The van der Waals surface area contributed by atoms with Crippen LogP contribution in [0.4, 0.5) is 4.39 Å². The number of aromatic nitrogens is 3. The summed E-state index contributed by atoms with van der Waals surface area (Å²) in [5.41, 5.74) is 0.317. The molecule has 2 aromatic rings. The fraction of sp³-hybridized carbons (Fsp3) is 0. The number of imidazole rings is 1. The molecule has 6 heteroatoms. The van der Waals surface area contributed by atoms with E-state index >= 15 is 0 Å². The maximum Gasteiger partial charge on any atom is 0.218 e. The van der Waals surface area contributed by atoms with Crippen LogP contribution < -0.4 is 0 Å². The molecule has 0 radical (unpaired) electrons. The van der Waals surface area contributed by atoms with Gasteiger partial charge in [0.15, 0.2) is 10.8 Å². The molecule has 2 heterocycles. The molecule has 0 saturated heterocycles. The smallest absolute Gasteiger partial charge is 0.218 e. The van der Waals surface area contributed by atoms with Crippen LogP contribution in [0.15, 0.2) is 17.0 Å². The Morgan fingerprint density at radius 2 is 2.33 bits per heavy atom. The normalized spacial score (nSPS) is 10.9. The largest absolute Gasteiger partial charge is 0.271 e. The van der Waals surface area contributed by atoms with Crippen LogP contribution in [0.25, 0.3) is 5.65 Å². The molecule has 0 fully saturated rings. The first-order valence-corrected chi connectivity index (χ1v) is 4.20. The van der Waals surface area contributed by atoms with Gasteiger partial charge in [0, 0.05) is 6.20 Å². The van der Waals surface area contributed by atoms with Crippen molar-refractivity contribution in [3.05, 3.63) is 28.1 Å². The summed E-state index contributed by atoms with van der Waals surface area (Å²) in [7, 11) is 0. The maximum atomic E-state index is 12.9. The van der Waals surface area contributed by atoms with Gasteiger partial charge in [-0.3, -0.25) is 4.40 Å². The van der Waals surface area contributed by atoms with Crippen LogP contribution in [0.1, 0.15) is 0 Å². The van der Waals surface area contributed by atoms with E-state index in [4.69, 9.17) is 11.6 Å². The first kappa shape index (κ1) is 7.94. The lowest BCUT2D eigenvalue weighted by Gasteiger charge is -1.96. The second-order valence-corrected chi connectivity index (χ2v) is 3.30.